The maximum absolute atomic E-state index is 13.9. The molecule has 3 heterocycles. The number of aromatic nitrogens is 2. The Hall–Kier alpha value is -3.92. The van der Waals surface area contributed by atoms with Gasteiger partial charge in [0.15, 0.2) is 9.84 Å². The molecule has 13 heteroatoms. The number of oxazole rings is 1. The number of alkyl halides is 3. The highest BCUT2D eigenvalue weighted by Crippen LogP contribution is 2.46. The first kappa shape index (κ1) is 29.2. The van der Waals surface area contributed by atoms with Gasteiger partial charge in [0, 0.05) is 42.4 Å². The van der Waals surface area contributed by atoms with Gasteiger partial charge in [-0.15, -0.1) is 0 Å². The zero-order valence-electron chi connectivity index (χ0n) is 23.2. The number of pyridine rings is 1. The Morgan fingerprint density at radius 3 is 2.42 bits per heavy atom. The zero-order valence-corrected chi connectivity index (χ0v) is 24.0. The van der Waals surface area contributed by atoms with Crippen LogP contribution >= 0.6 is 0 Å². The van der Waals surface area contributed by atoms with Gasteiger partial charge in [0.05, 0.1) is 23.1 Å². The van der Waals surface area contributed by atoms with Crippen LogP contribution < -0.4 is 10.2 Å². The van der Waals surface area contributed by atoms with Gasteiger partial charge >= 0.3 is 6.18 Å². The summed E-state index contributed by atoms with van der Waals surface area (Å²) < 4.78 is 71.7. The van der Waals surface area contributed by atoms with Gasteiger partial charge < -0.3 is 14.6 Å². The fourth-order valence-corrected chi connectivity index (χ4v) is 7.17. The number of hydrogen-bond donors (Lipinski definition) is 1. The van der Waals surface area contributed by atoms with Crippen molar-refractivity contribution in [3.8, 4) is 28.9 Å². The van der Waals surface area contributed by atoms with E-state index < -0.39 is 44.6 Å². The predicted octanol–water partition coefficient (Wildman–Crippen LogP) is 5.10. The highest BCUT2D eigenvalue weighted by molar-refractivity contribution is 7.91. The number of hydrogen-bond acceptors (Lipinski definition) is 8. The van der Waals surface area contributed by atoms with Gasteiger partial charge in [-0.2, -0.15) is 18.4 Å². The minimum absolute atomic E-state index is 0.0649. The molecule has 1 saturated heterocycles. The van der Waals surface area contributed by atoms with Gasteiger partial charge in [-0.05, 0) is 49.9 Å². The molecular formula is C30H30F3N5O4S. The zero-order chi connectivity index (χ0) is 30.4. The Morgan fingerprint density at radius 1 is 1.07 bits per heavy atom. The minimum atomic E-state index is -4.69. The summed E-state index contributed by atoms with van der Waals surface area (Å²) in [5.74, 6) is -1.12. The van der Waals surface area contributed by atoms with Gasteiger partial charge in [0.1, 0.15) is 22.7 Å². The highest BCUT2D eigenvalue weighted by Gasteiger charge is 2.47. The fourth-order valence-electron chi connectivity index (χ4n) is 5.97. The summed E-state index contributed by atoms with van der Waals surface area (Å²) in [6, 6.07) is 11.5. The molecule has 3 aliphatic rings. The van der Waals surface area contributed by atoms with E-state index in [1.807, 2.05) is 17.0 Å². The van der Waals surface area contributed by atoms with Crippen molar-refractivity contribution in [3.05, 3.63) is 53.9 Å². The maximum atomic E-state index is 13.9. The van der Waals surface area contributed by atoms with Crippen LogP contribution in [0.1, 0.15) is 55.8 Å². The summed E-state index contributed by atoms with van der Waals surface area (Å²) >= 11 is 0. The standard InChI is InChI=1S/C30H30F3N5O4S/c31-30(32,33)23-6-3-13-35-25(23)28-36-24(19-7-9-20(10-8-19)38-14-16-43(40,41)17-15-38)26(42-28)21-4-1-2-5-22(21)27(39)37-29(18-34)11-12-29/h3,6-10,13,21-22H,1-2,4-5,11-12,14-17H2,(H,37,39). The number of benzene rings is 1. The lowest BCUT2D eigenvalue weighted by Crippen LogP contribution is -2.42. The average Bonchev–Trinajstić information content (AvgIpc) is 3.63. The van der Waals surface area contributed by atoms with E-state index in [1.165, 1.54) is 12.3 Å². The summed E-state index contributed by atoms with van der Waals surface area (Å²) in [6.45, 7) is 0.730. The van der Waals surface area contributed by atoms with Crippen molar-refractivity contribution in [2.75, 3.05) is 29.5 Å². The molecule has 1 aromatic carbocycles. The molecule has 3 aromatic rings. The normalized spacial score (nSPS) is 22.9. The lowest BCUT2D eigenvalue weighted by atomic mass is 9.76. The number of nitrogens with zero attached hydrogens (tertiary/aromatic N) is 4. The third-order valence-electron chi connectivity index (χ3n) is 8.59. The summed E-state index contributed by atoms with van der Waals surface area (Å²) in [7, 11) is -3.05. The summed E-state index contributed by atoms with van der Waals surface area (Å²) in [4.78, 5) is 23.9. The summed E-state index contributed by atoms with van der Waals surface area (Å²) in [5, 5.41) is 12.4. The molecular weight excluding hydrogens is 583 g/mol. The number of carbonyl (C=O) groups excluding carboxylic acids is 1. The second-order valence-corrected chi connectivity index (χ2v) is 13.8. The van der Waals surface area contributed by atoms with Crippen LogP contribution in [0.15, 0.2) is 47.0 Å². The third kappa shape index (κ3) is 5.98. The third-order valence-corrected chi connectivity index (χ3v) is 10.2. The lowest BCUT2D eigenvalue weighted by Gasteiger charge is -2.30. The topological polar surface area (TPSA) is 129 Å². The number of nitrogens with one attached hydrogen (secondary N) is 1. The monoisotopic (exact) mass is 613 g/mol. The predicted molar refractivity (Wildman–Crippen MR) is 151 cm³/mol. The first-order chi connectivity index (χ1) is 20.5. The molecule has 1 aliphatic heterocycles. The van der Waals surface area contributed by atoms with Crippen LogP contribution in [0, 0.1) is 17.2 Å². The Kier molecular flexibility index (Phi) is 7.44. The first-order valence-electron chi connectivity index (χ1n) is 14.3. The Balaban J connectivity index is 1.40. The maximum Gasteiger partial charge on any atom is 0.418 e. The fraction of sp³-hybridized carbons (Fsp3) is 0.467. The van der Waals surface area contributed by atoms with Crippen molar-refractivity contribution >= 4 is 21.4 Å². The second-order valence-electron chi connectivity index (χ2n) is 11.5. The van der Waals surface area contributed by atoms with Crippen LogP contribution in [0.25, 0.3) is 22.8 Å². The lowest BCUT2D eigenvalue weighted by molar-refractivity contribution is -0.137. The molecule has 1 amide bonds. The van der Waals surface area contributed by atoms with E-state index in [9.17, 15) is 31.6 Å². The van der Waals surface area contributed by atoms with E-state index in [0.29, 0.717) is 55.8 Å². The Labute approximate surface area is 247 Å². The molecule has 2 aromatic heterocycles. The average molecular weight is 614 g/mol. The van der Waals surface area contributed by atoms with E-state index in [2.05, 4.69) is 21.4 Å². The molecule has 2 unspecified atom stereocenters. The molecule has 6 rings (SSSR count). The number of carbonyl (C=O) groups is 1. The molecule has 3 fully saturated rings. The highest BCUT2D eigenvalue weighted by atomic mass is 32.2. The minimum Gasteiger partial charge on any atom is -0.439 e. The van der Waals surface area contributed by atoms with Gasteiger partial charge in [0.25, 0.3) is 0 Å². The molecule has 0 spiro atoms. The molecule has 0 bridgehead atoms. The van der Waals surface area contributed by atoms with Gasteiger partial charge in [-0.3, -0.25) is 9.78 Å². The van der Waals surface area contributed by atoms with E-state index in [4.69, 9.17) is 4.42 Å². The molecule has 9 nitrogen and oxygen atoms in total. The molecule has 2 saturated carbocycles. The number of anilines is 1. The van der Waals surface area contributed by atoms with Crippen LogP contribution in [0.3, 0.4) is 0 Å². The molecule has 226 valence electrons. The van der Waals surface area contributed by atoms with E-state index >= 15 is 0 Å². The number of amides is 1. The quantitative estimate of drug-likeness (QED) is 0.407. The summed E-state index contributed by atoms with van der Waals surface area (Å²) in [6.07, 6.45) is 0.417. The van der Waals surface area contributed by atoms with Crippen LogP contribution in [-0.4, -0.2) is 54.4 Å². The van der Waals surface area contributed by atoms with Crippen molar-refractivity contribution in [3.63, 3.8) is 0 Å². The van der Waals surface area contributed by atoms with Gasteiger partial charge in [-0.25, -0.2) is 13.4 Å². The molecule has 1 N–H and O–H groups in total. The van der Waals surface area contributed by atoms with Crippen molar-refractivity contribution in [2.45, 2.75) is 56.2 Å². The van der Waals surface area contributed by atoms with E-state index in [-0.39, 0.29) is 23.3 Å². The smallest absolute Gasteiger partial charge is 0.418 e. The van der Waals surface area contributed by atoms with Crippen LogP contribution in [0.5, 0.6) is 0 Å². The number of rotatable bonds is 6. The van der Waals surface area contributed by atoms with E-state index in [0.717, 1.165) is 24.6 Å². The molecule has 2 atom stereocenters. The number of halogens is 3. The van der Waals surface area contributed by atoms with Crippen molar-refractivity contribution in [1.82, 2.24) is 15.3 Å². The van der Waals surface area contributed by atoms with Crippen LogP contribution in [-0.2, 0) is 20.8 Å². The largest absolute Gasteiger partial charge is 0.439 e. The van der Waals surface area contributed by atoms with Crippen molar-refractivity contribution < 1.29 is 30.8 Å². The Bertz CT molecular complexity index is 1660. The SMILES string of the molecule is N#CC1(NC(=O)C2CCCCC2c2oc(-c3ncccc3C(F)(F)F)nc2-c2ccc(N3CCS(=O)(=O)CC3)cc2)CC1. The first-order valence-corrected chi connectivity index (χ1v) is 16.1. The number of nitriles is 1. The van der Waals surface area contributed by atoms with Crippen LogP contribution in [0.2, 0.25) is 0 Å². The molecule has 2 aliphatic carbocycles. The van der Waals surface area contributed by atoms with E-state index in [1.54, 1.807) is 12.1 Å². The molecule has 0 radical (unpaired) electrons. The van der Waals surface area contributed by atoms with Gasteiger partial charge in [-0.1, -0.05) is 25.0 Å². The van der Waals surface area contributed by atoms with Gasteiger partial charge in [0.2, 0.25) is 11.8 Å². The second kappa shape index (κ2) is 11.0. The van der Waals surface area contributed by atoms with Crippen molar-refractivity contribution in [2.24, 2.45) is 5.92 Å². The Morgan fingerprint density at radius 2 is 1.77 bits per heavy atom. The van der Waals surface area contributed by atoms with Crippen LogP contribution in [0.4, 0.5) is 18.9 Å². The van der Waals surface area contributed by atoms with Crippen molar-refractivity contribution in [1.29, 1.82) is 5.26 Å². The summed E-state index contributed by atoms with van der Waals surface area (Å²) in [5.41, 5.74) is -0.544. The number of sulfone groups is 1. The molecule has 43 heavy (non-hydrogen) atoms.